The second-order valence-corrected chi connectivity index (χ2v) is 28.3. The molecule has 0 aliphatic rings. The van der Waals surface area contributed by atoms with Crippen LogP contribution in [0, 0.1) is 13.2 Å². The molecule has 0 atom stereocenters. The summed E-state index contributed by atoms with van der Waals surface area (Å²) in [4.78, 5) is 4.81. The molecule has 5 heteroatoms. The van der Waals surface area contributed by atoms with E-state index in [4.69, 9.17) is 20.7 Å². The number of pyridine rings is 1. The van der Waals surface area contributed by atoms with Crippen LogP contribution in [-0.2, 0) is 27.1 Å². The minimum atomic E-state index is -2.76. The number of fused-ring (bicyclic) bond motifs is 4. The van der Waals surface area contributed by atoms with E-state index in [1.165, 1.54) is 40.1 Å². The summed E-state index contributed by atoms with van der Waals surface area (Å²) in [5, 5.41) is 1.76. The largest absolute Gasteiger partial charge is 0.458 e. The lowest BCUT2D eigenvalue weighted by atomic mass is 9.78. The SMILES string of the molecule is [2H]c1c([2H])c([2H])c(-c2cnc(-n3c4ccccc4c4ccc(Oc5cccc(-n6[c-][n+](-c7c(-c8cccc(C(C)(C)C)c8)cccc7-c7cc(C(C)(C)C)cc(C(C)(C)C)c7)c7ccc(-c8cc(C(C)(C)C)cc(C(C)(C)C)c8)cc76)c5)cc43)cc2C([2H])([2H])[2H])c([2H])c1[2H]. The van der Waals surface area contributed by atoms with Crippen molar-refractivity contribution in [3.8, 4) is 73.2 Å². The highest BCUT2D eigenvalue weighted by atomic mass is 16.5. The van der Waals surface area contributed by atoms with Crippen molar-refractivity contribution in [2.45, 2.75) is 138 Å². The lowest BCUT2D eigenvalue weighted by Gasteiger charge is -2.27. The fourth-order valence-corrected chi connectivity index (χ4v) is 11.6. The number of aromatic nitrogens is 4. The van der Waals surface area contributed by atoms with Crippen LogP contribution < -0.4 is 9.30 Å². The Labute approximate surface area is 521 Å². The first-order valence-electron chi connectivity index (χ1n) is 33.9. The summed E-state index contributed by atoms with van der Waals surface area (Å²) in [5.74, 6) is 1.33. The normalized spacial score (nSPS) is 14.1. The molecule has 86 heavy (non-hydrogen) atoms. The highest BCUT2D eigenvalue weighted by Crippen LogP contribution is 2.43. The van der Waals surface area contributed by atoms with Crippen LogP contribution in [0.5, 0.6) is 11.5 Å². The predicted octanol–water partition coefficient (Wildman–Crippen LogP) is 21.5. The van der Waals surface area contributed by atoms with Gasteiger partial charge in [0.15, 0.2) is 0 Å². The van der Waals surface area contributed by atoms with Gasteiger partial charge in [-0.3, -0.25) is 13.7 Å². The predicted molar refractivity (Wildman–Crippen MR) is 362 cm³/mol. The van der Waals surface area contributed by atoms with Crippen molar-refractivity contribution >= 4 is 32.8 Å². The minimum Gasteiger partial charge on any atom is -0.458 e. The highest BCUT2D eigenvalue weighted by Gasteiger charge is 2.27. The Morgan fingerprint density at radius 3 is 1.67 bits per heavy atom. The third kappa shape index (κ3) is 11.1. The number of nitrogens with zero attached hydrogens (tertiary/aromatic N) is 4. The van der Waals surface area contributed by atoms with Gasteiger partial charge in [-0.05, 0) is 155 Å². The molecule has 0 unspecified atom stereocenters. The zero-order valence-corrected chi connectivity index (χ0v) is 52.4. The van der Waals surface area contributed by atoms with Crippen molar-refractivity contribution < 1.29 is 20.3 Å². The van der Waals surface area contributed by atoms with Gasteiger partial charge in [0.05, 0.1) is 40.3 Å². The quantitative estimate of drug-likeness (QED) is 0.107. The monoisotopic (exact) mass is 1130 g/mol. The Morgan fingerprint density at radius 2 is 1.02 bits per heavy atom. The van der Waals surface area contributed by atoms with E-state index < -0.39 is 37.1 Å². The summed E-state index contributed by atoms with van der Waals surface area (Å²) in [6, 6.07) is 57.1. The van der Waals surface area contributed by atoms with Gasteiger partial charge in [0, 0.05) is 32.7 Å². The molecule has 0 radical (unpaired) electrons. The topological polar surface area (TPSA) is 35.9 Å². The van der Waals surface area contributed by atoms with Crippen molar-refractivity contribution in [3.63, 3.8) is 0 Å². The molecule has 0 fully saturated rings. The van der Waals surface area contributed by atoms with E-state index in [-0.39, 0.29) is 49.6 Å². The maximum atomic E-state index is 8.75. The van der Waals surface area contributed by atoms with Crippen LogP contribution in [0.3, 0.4) is 0 Å². The van der Waals surface area contributed by atoms with Crippen LogP contribution in [-0.4, -0.2) is 14.1 Å². The minimum absolute atomic E-state index is 0.0691. The van der Waals surface area contributed by atoms with Gasteiger partial charge < -0.3 is 4.74 Å². The van der Waals surface area contributed by atoms with E-state index in [9.17, 15) is 0 Å². The van der Waals surface area contributed by atoms with E-state index in [1.54, 1.807) is 0 Å². The molecule has 0 saturated heterocycles. The van der Waals surface area contributed by atoms with Gasteiger partial charge in [0.2, 0.25) is 0 Å². The maximum absolute atomic E-state index is 8.75. The number of rotatable bonds is 9. The van der Waals surface area contributed by atoms with Crippen molar-refractivity contribution in [2.75, 3.05) is 0 Å². The molecule has 12 aromatic rings. The first-order chi connectivity index (χ1) is 43.9. The number of imidazole rings is 1. The van der Waals surface area contributed by atoms with Crippen molar-refractivity contribution in [1.29, 1.82) is 0 Å². The van der Waals surface area contributed by atoms with E-state index in [2.05, 4.69) is 222 Å². The smallest absolute Gasteiger partial charge is 0.269 e. The van der Waals surface area contributed by atoms with Crippen LogP contribution in [0.1, 0.15) is 148 Å². The first-order valence-corrected chi connectivity index (χ1v) is 29.9. The van der Waals surface area contributed by atoms with E-state index in [1.807, 2.05) is 65.2 Å². The van der Waals surface area contributed by atoms with E-state index >= 15 is 0 Å². The molecule has 9 aromatic carbocycles. The Bertz CT molecular complexity index is 4920. The number of aryl methyl sites for hydroxylation is 1. The molecule has 0 aliphatic heterocycles. The molecule has 0 aliphatic carbocycles. The zero-order chi connectivity index (χ0) is 67.7. The molecule has 12 rings (SSSR count). The van der Waals surface area contributed by atoms with Crippen molar-refractivity contribution in [1.82, 2.24) is 14.1 Å². The molecule has 0 bridgehead atoms. The van der Waals surface area contributed by atoms with Gasteiger partial charge in [0.1, 0.15) is 17.3 Å². The number of hydrogen-bond donors (Lipinski definition) is 0. The molecular formula is C81H82N4O. The van der Waals surface area contributed by atoms with Crippen LogP contribution in [0.2, 0.25) is 0 Å². The molecule has 3 heterocycles. The molecule has 5 nitrogen and oxygen atoms in total. The standard InChI is InChI=1S/C81H82N4O/c1-52-39-75(82-50-70(52)53-25-18-17-19-26-53)85-71-34-21-20-31-68(71)69-37-36-65(49-73(69)85)86-64-30-23-29-63(48-64)83-51-84(72-38-35-54(45-74(72)83)56-41-59(78(5,6)7)46-60(42-56)79(8,9)10)76-66(55-27-22-28-58(40-55)77(2,3)4)32-24-33-67(76)57-43-61(80(11,12)13)47-62(44-57)81(14,15)16/h17-50H,1-16H3/i1D3,17D,18D,19D,25D,26D. The van der Waals surface area contributed by atoms with Crippen molar-refractivity contribution in [2.24, 2.45) is 0 Å². The average Bonchev–Trinajstić information content (AvgIpc) is 1.46. The Hall–Kier alpha value is -8.80. The fraction of sp³-hybridized carbons (Fsp3) is 0.259. The van der Waals surface area contributed by atoms with Gasteiger partial charge >= 0.3 is 0 Å². The second kappa shape index (κ2) is 21.3. The molecule has 432 valence electrons. The van der Waals surface area contributed by atoms with Crippen molar-refractivity contribution in [3.05, 3.63) is 246 Å². The second-order valence-electron chi connectivity index (χ2n) is 28.3. The Morgan fingerprint density at radius 1 is 0.442 bits per heavy atom. The molecule has 0 N–H and O–H groups in total. The summed E-state index contributed by atoms with van der Waals surface area (Å²) < 4.78 is 81.9. The summed E-state index contributed by atoms with van der Waals surface area (Å²) in [6.07, 6.45) is 5.31. The molecule has 3 aromatic heterocycles. The van der Waals surface area contributed by atoms with Gasteiger partial charge in [-0.15, -0.1) is 0 Å². The van der Waals surface area contributed by atoms with Crippen LogP contribution in [0.25, 0.3) is 94.5 Å². The third-order valence-corrected chi connectivity index (χ3v) is 16.8. The fourth-order valence-electron chi connectivity index (χ4n) is 11.6. The zero-order valence-electron chi connectivity index (χ0n) is 60.4. The molecule has 0 saturated carbocycles. The first kappa shape index (κ1) is 48.4. The third-order valence-electron chi connectivity index (χ3n) is 16.8. The summed E-state index contributed by atoms with van der Waals surface area (Å²) in [5.41, 5.74) is 16.9. The lowest BCUT2D eigenvalue weighted by molar-refractivity contribution is -0.571. The number of para-hydroxylation sites is 2. The van der Waals surface area contributed by atoms with Gasteiger partial charge in [-0.1, -0.05) is 249 Å². The highest BCUT2D eigenvalue weighted by molar-refractivity contribution is 6.09. The lowest BCUT2D eigenvalue weighted by Crippen LogP contribution is -2.31. The van der Waals surface area contributed by atoms with Crippen LogP contribution in [0.4, 0.5) is 0 Å². The molecule has 0 amide bonds. The van der Waals surface area contributed by atoms with Crippen LogP contribution in [0.15, 0.2) is 206 Å². The van der Waals surface area contributed by atoms with Gasteiger partial charge in [0.25, 0.3) is 6.33 Å². The number of benzene rings is 9. The molecular weight excluding hydrogens is 1040 g/mol. The molecule has 0 spiro atoms. The van der Waals surface area contributed by atoms with E-state index in [0.717, 1.165) is 72.1 Å². The van der Waals surface area contributed by atoms with E-state index in [0.29, 0.717) is 17.0 Å². The number of hydrogen-bond acceptors (Lipinski definition) is 2. The van der Waals surface area contributed by atoms with Crippen LogP contribution >= 0.6 is 0 Å². The summed E-state index contributed by atoms with van der Waals surface area (Å²) >= 11 is 0. The maximum Gasteiger partial charge on any atom is 0.269 e. The van der Waals surface area contributed by atoms with Gasteiger partial charge in [-0.25, -0.2) is 4.98 Å². The summed E-state index contributed by atoms with van der Waals surface area (Å²) in [6.45, 7) is 31.4. The number of ether oxygens (including phenoxy) is 1. The average molecular weight is 1140 g/mol. The Balaban J connectivity index is 1.07. The van der Waals surface area contributed by atoms with Gasteiger partial charge in [-0.2, -0.15) is 0 Å². The Kier molecular flexibility index (Phi) is 12.0. The summed E-state index contributed by atoms with van der Waals surface area (Å²) in [7, 11) is 0.